The summed E-state index contributed by atoms with van der Waals surface area (Å²) in [5.74, 6) is 0.718. The number of anilines is 2. The molecule has 124 valence electrons. The minimum atomic E-state index is -0.114. The van der Waals surface area contributed by atoms with E-state index in [-0.39, 0.29) is 18.5 Å². The molecule has 0 saturated heterocycles. The van der Waals surface area contributed by atoms with Crippen LogP contribution in [0.25, 0.3) is 11.0 Å². The predicted octanol–water partition coefficient (Wildman–Crippen LogP) is 1.99. The van der Waals surface area contributed by atoms with Gasteiger partial charge >= 0.3 is 0 Å². The van der Waals surface area contributed by atoms with Crippen molar-refractivity contribution in [1.82, 2.24) is 19.9 Å². The molecule has 1 unspecified atom stereocenters. The van der Waals surface area contributed by atoms with Gasteiger partial charge in [0.15, 0.2) is 0 Å². The van der Waals surface area contributed by atoms with E-state index in [1.807, 2.05) is 18.5 Å². The van der Waals surface area contributed by atoms with Crippen molar-refractivity contribution in [2.75, 3.05) is 23.8 Å². The average molecular weight is 345 g/mol. The van der Waals surface area contributed by atoms with Crippen LogP contribution in [0.4, 0.5) is 11.8 Å². The highest BCUT2D eigenvalue weighted by Crippen LogP contribution is 2.39. The van der Waals surface area contributed by atoms with Gasteiger partial charge in [-0.15, -0.1) is 0 Å². The van der Waals surface area contributed by atoms with Gasteiger partial charge in [0.2, 0.25) is 5.95 Å². The summed E-state index contributed by atoms with van der Waals surface area (Å²) in [4.78, 5) is 18.0. The number of H-pyrrole nitrogens is 1. The molecule has 0 saturated carbocycles. The summed E-state index contributed by atoms with van der Waals surface area (Å²) in [5, 5.41) is 11.1. The van der Waals surface area contributed by atoms with Gasteiger partial charge in [-0.1, -0.05) is 11.6 Å². The maximum absolute atomic E-state index is 9.67. The lowest BCUT2D eigenvalue weighted by Crippen LogP contribution is -2.23. The van der Waals surface area contributed by atoms with Crippen molar-refractivity contribution < 1.29 is 5.11 Å². The van der Waals surface area contributed by atoms with Crippen LogP contribution in [-0.4, -0.2) is 38.2 Å². The quantitative estimate of drug-likeness (QED) is 0.628. The molecule has 4 rings (SSSR count). The third kappa shape index (κ3) is 2.28. The second-order valence-electron chi connectivity index (χ2n) is 6.02. The number of halogens is 1. The fourth-order valence-electron chi connectivity index (χ4n) is 3.32. The molecule has 0 aromatic carbocycles. The zero-order valence-corrected chi connectivity index (χ0v) is 13.9. The topological polar surface area (TPSA) is 104 Å². The highest BCUT2D eigenvalue weighted by atomic mass is 35.5. The van der Waals surface area contributed by atoms with Gasteiger partial charge in [-0.3, -0.25) is 0 Å². The third-order valence-corrected chi connectivity index (χ3v) is 4.87. The number of hydrogen-bond acceptors (Lipinski definition) is 6. The van der Waals surface area contributed by atoms with Crippen LogP contribution in [0.5, 0.6) is 0 Å². The second-order valence-corrected chi connectivity index (χ2v) is 6.38. The molecule has 0 spiro atoms. The van der Waals surface area contributed by atoms with E-state index in [1.54, 1.807) is 0 Å². The van der Waals surface area contributed by atoms with Gasteiger partial charge in [-0.05, 0) is 24.1 Å². The Labute approximate surface area is 143 Å². The van der Waals surface area contributed by atoms with Gasteiger partial charge in [0.25, 0.3) is 0 Å². The fourth-order valence-corrected chi connectivity index (χ4v) is 3.64. The molecule has 1 aliphatic heterocycles. The Kier molecular flexibility index (Phi) is 3.54. The van der Waals surface area contributed by atoms with Crippen LogP contribution in [0.15, 0.2) is 18.5 Å². The number of aryl methyl sites for hydroxylation is 1. The zero-order valence-electron chi connectivity index (χ0n) is 13.1. The van der Waals surface area contributed by atoms with E-state index >= 15 is 0 Å². The van der Waals surface area contributed by atoms with Crippen molar-refractivity contribution in [1.29, 1.82) is 0 Å². The number of aliphatic hydroxyl groups excluding tert-OH is 1. The fraction of sp³-hybridized carbons (Fsp3) is 0.312. The van der Waals surface area contributed by atoms with E-state index in [0.29, 0.717) is 24.1 Å². The SMILES string of the molecule is Cc1c(CN2CC(CO)c3c(Cl)nc(N)nc32)cnc2[nH]ccc12. The van der Waals surface area contributed by atoms with E-state index in [4.69, 9.17) is 17.3 Å². The van der Waals surface area contributed by atoms with E-state index in [0.717, 1.165) is 22.2 Å². The molecule has 0 fully saturated rings. The van der Waals surface area contributed by atoms with Crippen LogP contribution in [0.1, 0.15) is 22.6 Å². The Balaban J connectivity index is 1.74. The van der Waals surface area contributed by atoms with Crippen molar-refractivity contribution >= 4 is 34.4 Å². The summed E-state index contributed by atoms with van der Waals surface area (Å²) in [7, 11) is 0. The molecule has 0 aliphatic carbocycles. The highest BCUT2D eigenvalue weighted by molar-refractivity contribution is 6.30. The Morgan fingerprint density at radius 2 is 2.29 bits per heavy atom. The molecule has 24 heavy (non-hydrogen) atoms. The normalized spacial score (nSPS) is 16.8. The first-order chi connectivity index (χ1) is 11.6. The number of hydrogen-bond donors (Lipinski definition) is 3. The number of nitrogens with one attached hydrogen (secondary N) is 1. The molecule has 0 amide bonds. The molecule has 3 aromatic heterocycles. The molecule has 7 nitrogen and oxygen atoms in total. The molecule has 8 heteroatoms. The molecule has 1 atom stereocenters. The number of aromatic amines is 1. The van der Waals surface area contributed by atoms with Gasteiger partial charge in [0.1, 0.15) is 16.6 Å². The maximum atomic E-state index is 9.67. The van der Waals surface area contributed by atoms with Gasteiger partial charge in [-0.25, -0.2) is 9.97 Å². The number of nitrogens with two attached hydrogens (primary N) is 1. The van der Waals surface area contributed by atoms with Crippen LogP contribution in [-0.2, 0) is 6.54 Å². The van der Waals surface area contributed by atoms with Crippen LogP contribution >= 0.6 is 11.6 Å². The highest BCUT2D eigenvalue weighted by Gasteiger charge is 2.33. The molecular weight excluding hydrogens is 328 g/mol. The van der Waals surface area contributed by atoms with Crippen LogP contribution in [0.3, 0.4) is 0 Å². The van der Waals surface area contributed by atoms with Gasteiger partial charge in [0, 0.05) is 42.4 Å². The number of rotatable bonds is 3. The molecule has 3 aromatic rings. The van der Waals surface area contributed by atoms with Crippen molar-refractivity contribution in [2.24, 2.45) is 0 Å². The average Bonchev–Trinajstić information content (AvgIpc) is 3.15. The summed E-state index contributed by atoms with van der Waals surface area (Å²) in [5.41, 5.74) is 9.66. The smallest absolute Gasteiger partial charge is 0.223 e. The van der Waals surface area contributed by atoms with E-state index < -0.39 is 0 Å². The number of fused-ring (bicyclic) bond motifs is 2. The number of nitrogens with zero attached hydrogens (tertiary/aromatic N) is 4. The maximum Gasteiger partial charge on any atom is 0.223 e. The Morgan fingerprint density at radius 1 is 1.46 bits per heavy atom. The Bertz CT molecular complexity index is 924. The van der Waals surface area contributed by atoms with Crippen molar-refractivity contribution in [3.8, 4) is 0 Å². The number of pyridine rings is 1. The lowest BCUT2D eigenvalue weighted by molar-refractivity contribution is 0.270. The Morgan fingerprint density at radius 3 is 3.08 bits per heavy atom. The Hall–Kier alpha value is -2.38. The second kappa shape index (κ2) is 5.61. The van der Waals surface area contributed by atoms with Crippen LogP contribution in [0.2, 0.25) is 5.15 Å². The number of aliphatic hydroxyl groups is 1. The summed E-state index contributed by atoms with van der Waals surface area (Å²) < 4.78 is 0. The molecule has 0 radical (unpaired) electrons. The summed E-state index contributed by atoms with van der Waals surface area (Å²) in [6.45, 7) is 3.31. The minimum absolute atomic E-state index is 0.00935. The van der Waals surface area contributed by atoms with E-state index in [2.05, 4.69) is 31.8 Å². The summed E-state index contributed by atoms with van der Waals surface area (Å²) in [6, 6.07) is 2.02. The molecule has 4 heterocycles. The predicted molar refractivity (Wildman–Crippen MR) is 93.2 cm³/mol. The van der Waals surface area contributed by atoms with E-state index in [9.17, 15) is 5.11 Å². The van der Waals surface area contributed by atoms with Gasteiger partial charge < -0.3 is 20.7 Å². The zero-order chi connectivity index (χ0) is 16.8. The first-order valence-corrected chi connectivity index (χ1v) is 8.06. The van der Waals surface area contributed by atoms with Crippen molar-refractivity contribution in [2.45, 2.75) is 19.4 Å². The van der Waals surface area contributed by atoms with Gasteiger partial charge in [0.05, 0.1) is 6.61 Å². The van der Waals surface area contributed by atoms with Crippen LogP contribution < -0.4 is 10.6 Å². The molecule has 4 N–H and O–H groups in total. The number of nitrogen functional groups attached to an aromatic ring is 1. The molecule has 0 bridgehead atoms. The number of aromatic nitrogens is 4. The minimum Gasteiger partial charge on any atom is -0.396 e. The standard InChI is InChI=1S/C16H17ClN6O/c1-8-9(4-20-14-11(8)2-3-19-14)5-23-6-10(7-24)12-13(17)21-16(18)22-15(12)23/h2-4,10,24H,5-7H2,1H3,(H,19,20)(H2,18,21,22). The van der Waals surface area contributed by atoms with Gasteiger partial charge in [-0.2, -0.15) is 4.98 Å². The summed E-state index contributed by atoms with van der Waals surface area (Å²) in [6.07, 6.45) is 3.75. The molecule has 1 aliphatic rings. The lowest BCUT2D eigenvalue weighted by Gasteiger charge is -2.20. The third-order valence-electron chi connectivity index (χ3n) is 4.59. The van der Waals surface area contributed by atoms with Crippen LogP contribution in [0, 0.1) is 6.92 Å². The lowest BCUT2D eigenvalue weighted by atomic mass is 10.1. The molecular formula is C16H17ClN6O. The first kappa shape index (κ1) is 15.2. The first-order valence-electron chi connectivity index (χ1n) is 7.68. The summed E-state index contributed by atoms with van der Waals surface area (Å²) >= 11 is 6.23. The van der Waals surface area contributed by atoms with Crippen molar-refractivity contribution in [3.63, 3.8) is 0 Å². The van der Waals surface area contributed by atoms with Crippen molar-refractivity contribution in [3.05, 3.63) is 40.3 Å². The largest absolute Gasteiger partial charge is 0.396 e. The van der Waals surface area contributed by atoms with E-state index in [1.165, 1.54) is 5.56 Å². The monoisotopic (exact) mass is 344 g/mol.